The third kappa shape index (κ3) is 4.25. The van der Waals surface area contributed by atoms with E-state index in [9.17, 15) is 0 Å². The standard InChI is InChI=1S/C10H21N3/c1-5-9(3)13(6-2)8-10(7-11)12-4/h9-10,12H,5-6,8H2,1-4H3. The molecule has 0 amide bonds. The van der Waals surface area contributed by atoms with Crippen molar-refractivity contribution in [2.45, 2.75) is 39.3 Å². The first-order valence-corrected chi connectivity index (χ1v) is 5.00. The maximum atomic E-state index is 8.79. The summed E-state index contributed by atoms with van der Waals surface area (Å²) in [4.78, 5) is 2.32. The molecule has 0 saturated heterocycles. The van der Waals surface area contributed by atoms with E-state index >= 15 is 0 Å². The lowest BCUT2D eigenvalue weighted by Gasteiger charge is -2.28. The second-order valence-corrected chi connectivity index (χ2v) is 3.32. The highest BCUT2D eigenvalue weighted by Crippen LogP contribution is 2.03. The van der Waals surface area contributed by atoms with Gasteiger partial charge in [0.05, 0.1) is 6.07 Å². The van der Waals surface area contributed by atoms with Crippen LogP contribution in [0.3, 0.4) is 0 Å². The Hall–Kier alpha value is -0.590. The van der Waals surface area contributed by atoms with Gasteiger partial charge in [-0.2, -0.15) is 5.26 Å². The van der Waals surface area contributed by atoms with Crippen LogP contribution in [0, 0.1) is 11.3 Å². The summed E-state index contributed by atoms with van der Waals surface area (Å²) in [5, 5.41) is 11.8. The molecule has 0 rings (SSSR count). The van der Waals surface area contributed by atoms with Crippen LogP contribution >= 0.6 is 0 Å². The van der Waals surface area contributed by atoms with Crippen molar-refractivity contribution in [1.29, 1.82) is 5.26 Å². The maximum Gasteiger partial charge on any atom is 0.108 e. The molecule has 0 aromatic rings. The molecular formula is C10H21N3. The molecule has 0 aromatic carbocycles. The average molecular weight is 183 g/mol. The van der Waals surface area contributed by atoms with Gasteiger partial charge in [0.2, 0.25) is 0 Å². The van der Waals surface area contributed by atoms with Crippen molar-refractivity contribution < 1.29 is 0 Å². The molecule has 0 spiro atoms. The molecule has 0 aliphatic heterocycles. The fourth-order valence-electron chi connectivity index (χ4n) is 1.31. The Morgan fingerprint density at radius 2 is 2.08 bits per heavy atom. The molecule has 1 N–H and O–H groups in total. The molecule has 2 atom stereocenters. The summed E-state index contributed by atoms with van der Waals surface area (Å²) in [6, 6.07) is 2.76. The molecule has 0 saturated carbocycles. The number of rotatable bonds is 6. The average Bonchev–Trinajstić information content (AvgIpc) is 2.19. The Balaban J connectivity index is 4.04. The third-order valence-corrected chi connectivity index (χ3v) is 2.54. The van der Waals surface area contributed by atoms with Crippen LogP contribution in [0.1, 0.15) is 27.2 Å². The lowest BCUT2D eigenvalue weighted by Crippen LogP contribution is -2.42. The topological polar surface area (TPSA) is 39.1 Å². The summed E-state index contributed by atoms with van der Waals surface area (Å²) in [6.45, 7) is 8.34. The van der Waals surface area contributed by atoms with E-state index in [-0.39, 0.29) is 6.04 Å². The van der Waals surface area contributed by atoms with Crippen molar-refractivity contribution in [3.8, 4) is 6.07 Å². The lowest BCUT2D eigenvalue weighted by atomic mass is 10.2. The van der Waals surface area contributed by atoms with Gasteiger partial charge in [0.1, 0.15) is 6.04 Å². The normalized spacial score (nSPS) is 15.4. The first-order chi connectivity index (χ1) is 6.19. The zero-order valence-corrected chi connectivity index (χ0v) is 9.17. The molecule has 0 radical (unpaired) electrons. The molecule has 0 fully saturated rings. The summed E-state index contributed by atoms with van der Waals surface area (Å²) in [6.07, 6.45) is 1.13. The van der Waals surface area contributed by atoms with Gasteiger partial charge in [-0.3, -0.25) is 4.90 Å². The van der Waals surface area contributed by atoms with Crippen LogP contribution in [-0.2, 0) is 0 Å². The second kappa shape index (κ2) is 6.88. The Morgan fingerprint density at radius 1 is 1.46 bits per heavy atom. The van der Waals surface area contributed by atoms with Crippen molar-refractivity contribution in [1.82, 2.24) is 10.2 Å². The van der Waals surface area contributed by atoms with Crippen LogP contribution < -0.4 is 5.32 Å². The number of nitrogens with zero attached hydrogens (tertiary/aromatic N) is 2. The van der Waals surface area contributed by atoms with Gasteiger partial charge in [-0.15, -0.1) is 0 Å². The number of hydrogen-bond acceptors (Lipinski definition) is 3. The van der Waals surface area contributed by atoms with Gasteiger partial charge >= 0.3 is 0 Å². The molecule has 13 heavy (non-hydrogen) atoms. The van der Waals surface area contributed by atoms with E-state index in [4.69, 9.17) is 5.26 Å². The van der Waals surface area contributed by atoms with Crippen LogP contribution in [0.2, 0.25) is 0 Å². The summed E-state index contributed by atoms with van der Waals surface area (Å²) in [5.41, 5.74) is 0. The van der Waals surface area contributed by atoms with Crippen LogP contribution in [-0.4, -0.2) is 37.1 Å². The molecular weight excluding hydrogens is 162 g/mol. The van der Waals surface area contributed by atoms with Crippen LogP contribution in [0.25, 0.3) is 0 Å². The molecule has 2 unspecified atom stereocenters. The number of nitriles is 1. The SMILES string of the molecule is CCC(C)N(CC)CC(C#N)NC. The Labute approximate surface area is 81.7 Å². The zero-order valence-electron chi connectivity index (χ0n) is 9.17. The minimum absolute atomic E-state index is 0.0473. The predicted octanol–water partition coefficient (Wildman–Crippen LogP) is 1.22. The summed E-state index contributed by atoms with van der Waals surface area (Å²) < 4.78 is 0. The maximum absolute atomic E-state index is 8.79. The third-order valence-electron chi connectivity index (χ3n) is 2.54. The highest BCUT2D eigenvalue weighted by Gasteiger charge is 2.14. The summed E-state index contributed by atoms with van der Waals surface area (Å²) in [7, 11) is 1.83. The molecule has 0 aliphatic rings. The van der Waals surface area contributed by atoms with Gasteiger partial charge in [-0.25, -0.2) is 0 Å². The van der Waals surface area contributed by atoms with Gasteiger partial charge in [-0.05, 0) is 26.9 Å². The number of hydrogen-bond donors (Lipinski definition) is 1. The quantitative estimate of drug-likeness (QED) is 0.673. The summed E-state index contributed by atoms with van der Waals surface area (Å²) >= 11 is 0. The first-order valence-electron chi connectivity index (χ1n) is 5.00. The Morgan fingerprint density at radius 3 is 2.38 bits per heavy atom. The first kappa shape index (κ1) is 12.4. The Bertz CT molecular complexity index is 162. The Kier molecular flexibility index (Phi) is 6.56. The van der Waals surface area contributed by atoms with Crippen molar-refractivity contribution in [2.24, 2.45) is 0 Å². The van der Waals surface area contributed by atoms with Gasteiger partial charge in [-0.1, -0.05) is 13.8 Å². The summed E-state index contributed by atoms with van der Waals surface area (Å²) in [5.74, 6) is 0. The lowest BCUT2D eigenvalue weighted by molar-refractivity contribution is 0.205. The van der Waals surface area contributed by atoms with Crippen molar-refractivity contribution >= 4 is 0 Å². The highest BCUT2D eigenvalue weighted by atomic mass is 15.2. The van der Waals surface area contributed by atoms with Crippen molar-refractivity contribution in [2.75, 3.05) is 20.1 Å². The molecule has 3 nitrogen and oxygen atoms in total. The molecule has 0 heterocycles. The molecule has 0 aromatic heterocycles. The van der Waals surface area contributed by atoms with E-state index in [1.54, 1.807) is 0 Å². The van der Waals surface area contributed by atoms with E-state index in [0.29, 0.717) is 6.04 Å². The minimum atomic E-state index is -0.0473. The van der Waals surface area contributed by atoms with Crippen LogP contribution in [0.4, 0.5) is 0 Å². The highest BCUT2D eigenvalue weighted by molar-refractivity contribution is 4.91. The second-order valence-electron chi connectivity index (χ2n) is 3.32. The largest absolute Gasteiger partial charge is 0.304 e. The van der Waals surface area contributed by atoms with E-state index in [1.165, 1.54) is 0 Å². The van der Waals surface area contributed by atoms with E-state index in [1.807, 2.05) is 7.05 Å². The fourth-order valence-corrected chi connectivity index (χ4v) is 1.31. The van der Waals surface area contributed by atoms with Crippen LogP contribution in [0.15, 0.2) is 0 Å². The van der Waals surface area contributed by atoms with Gasteiger partial charge in [0.15, 0.2) is 0 Å². The fraction of sp³-hybridized carbons (Fsp3) is 0.900. The molecule has 0 bridgehead atoms. The number of likely N-dealkylation sites (N-methyl/N-ethyl adjacent to an activating group) is 2. The molecule has 3 heteroatoms. The molecule has 76 valence electrons. The van der Waals surface area contributed by atoms with Crippen molar-refractivity contribution in [3.05, 3.63) is 0 Å². The van der Waals surface area contributed by atoms with Gasteiger partial charge in [0, 0.05) is 12.6 Å². The minimum Gasteiger partial charge on any atom is -0.304 e. The predicted molar refractivity (Wildman–Crippen MR) is 55.5 cm³/mol. The smallest absolute Gasteiger partial charge is 0.108 e. The van der Waals surface area contributed by atoms with E-state index < -0.39 is 0 Å². The monoisotopic (exact) mass is 183 g/mol. The zero-order chi connectivity index (χ0) is 10.3. The van der Waals surface area contributed by atoms with E-state index in [0.717, 1.165) is 19.5 Å². The van der Waals surface area contributed by atoms with E-state index in [2.05, 4.69) is 37.1 Å². The van der Waals surface area contributed by atoms with Gasteiger partial charge in [0.25, 0.3) is 0 Å². The van der Waals surface area contributed by atoms with Crippen LogP contribution in [0.5, 0.6) is 0 Å². The number of nitrogens with one attached hydrogen (secondary N) is 1. The van der Waals surface area contributed by atoms with Crippen molar-refractivity contribution in [3.63, 3.8) is 0 Å². The van der Waals surface area contributed by atoms with Gasteiger partial charge < -0.3 is 5.32 Å². The molecule has 0 aliphatic carbocycles.